The third-order valence-corrected chi connectivity index (χ3v) is 4.81. The summed E-state index contributed by atoms with van der Waals surface area (Å²) < 4.78 is 5.19. The van der Waals surface area contributed by atoms with Crippen LogP contribution in [0.5, 0.6) is 5.75 Å². The number of phenols is 1. The highest BCUT2D eigenvalue weighted by Gasteiger charge is 2.18. The zero-order chi connectivity index (χ0) is 22.9. The number of carbonyl (C=O) groups is 2. The second kappa shape index (κ2) is 10.8. The number of carbonyl (C=O) groups excluding carboxylic acids is 2. The van der Waals surface area contributed by atoms with E-state index in [0.29, 0.717) is 18.4 Å². The summed E-state index contributed by atoms with van der Waals surface area (Å²) in [6, 6.07) is 14.4. The van der Waals surface area contributed by atoms with Gasteiger partial charge in [-0.05, 0) is 74.4 Å². The summed E-state index contributed by atoms with van der Waals surface area (Å²) in [6.07, 6.45) is 2.07. The summed E-state index contributed by atoms with van der Waals surface area (Å²) in [5, 5.41) is 9.10. The SMILES string of the molecule is CC(C)(C)OC(=O)CCc1ccc(O)cc1.CCC(C)(C)c1ccc(C(N)=O)cc1. The minimum atomic E-state index is -0.425. The molecule has 0 aromatic heterocycles. The summed E-state index contributed by atoms with van der Waals surface area (Å²) >= 11 is 0. The lowest BCUT2D eigenvalue weighted by Crippen LogP contribution is -2.23. The van der Waals surface area contributed by atoms with Crippen LogP contribution in [0.4, 0.5) is 0 Å². The number of nitrogens with two attached hydrogens (primary N) is 1. The van der Waals surface area contributed by atoms with Crippen LogP contribution in [0.25, 0.3) is 0 Å². The number of aromatic hydroxyl groups is 1. The van der Waals surface area contributed by atoms with E-state index in [2.05, 4.69) is 20.8 Å². The van der Waals surface area contributed by atoms with Crippen LogP contribution in [0.3, 0.4) is 0 Å². The molecule has 164 valence electrons. The molecule has 0 aliphatic carbocycles. The molecule has 0 aliphatic heterocycles. The number of aryl methyl sites for hydroxylation is 1. The van der Waals surface area contributed by atoms with Gasteiger partial charge in [0.25, 0.3) is 0 Å². The highest BCUT2D eigenvalue weighted by Crippen LogP contribution is 2.26. The van der Waals surface area contributed by atoms with Crippen molar-refractivity contribution in [1.82, 2.24) is 0 Å². The Bertz CT molecular complexity index is 816. The molecule has 3 N–H and O–H groups in total. The van der Waals surface area contributed by atoms with Gasteiger partial charge in [0.15, 0.2) is 0 Å². The number of hydrogen-bond donors (Lipinski definition) is 2. The van der Waals surface area contributed by atoms with Crippen molar-refractivity contribution in [3.8, 4) is 5.75 Å². The second-order valence-electron chi connectivity index (χ2n) is 8.93. The Labute approximate surface area is 180 Å². The van der Waals surface area contributed by atoms with Crippen molar-refractivity contribution in [2.24, 2.45) is 5.73 Å². The van der Waals surface area contributed by atoms with Crippen molar-refractivity contribution in [1.29, 1.82) is 0 Å². The zero-order valence-corrected chi connectivity index (χ0v) is 19.0. The van der Waals surface area contributed by atoms with Gasteiger partial charge in [-0.15, -0.1) is 0 Å². The fourth-order valence-corrected chi connectivity index (χ4v) is 2.59. The molecule has 1 amide bonds. The third-order valence-electron chi connectivity index (χ3n) is 4.81. The van der Waals surface area contributed by atoms with Crippen LogP contribution in [0.15, 0.2) is 48.5 Å². The van der Waals surface area contributed by atoms with Crippen LogP contribution in [0.1, 0.15) is 75.9 Å². The van der Waals surface area contributed by atoms with E-state index in [1.807, 2.05) is 32.9 Å². The van der Waals surface area contributed by atoms with E-state index in [9.17, 15) is 9.59 Å². The molecule has 30 heavy (non-hydrogen) atoms. The second-order valence-corrected chi connectivity index (χ2v) is 8.93. The van der Waals surface area contributed by atoms with E-state index < -0.39 is 5.60 Å². The Balaban J connectivity index is 0.000000303. The molecule has 0 saturated heterocycles. The monoisotopic (exact) mass is 413 g/mol. The van der Waals surface area contributed by atoms with Crippen molar-refractivity contribution in [3.05, 3.63) is 65.2 Å². The lowest BCUT2D eigenvalue weighted by molar-refractivity contribution is -0.154. The molecule has 0 aliphatic rings. The summed E-state index contributed by atoms with van der Waals surface area (Å²) in [6.45, 7) is 12.1. The zero-order valence-electron chi connectivity index (χ0n) is 19.0. The summed E-state index contributed by atoms with van der Waals surface area (Å²) in [5.74, 6) is -0.326. The molecule has 0 radical (unpaired) electrons. The van der Waals surface area contributed by atoms with E-state index in [4.69, 9.17) is 15.6 Å². The molecular weight excluding hydrogens is 378 g/mol. The molecule has 0 fully saturated rings. The van der Waals surface area contributed by atoms with E-state index in [1.54, 1.807) is 36.4 Å². The first-order chi connectivity index (χ1) is 13.8. The van der Waals surface area contributed by atoms with Crippen LogP contribution in [0.2, 0.25) is 0 Å². The lowest BCUT2D eigenvalue weighted by atomic mass is 9.82. The molecule has 2 aromatic rings. The van der Waals surface area contributed by atoms with E-state index >= 15 is 0 Å². The molecule has 2 aromatic carbocycles. The van der Waals surface area contributed by atoms with E-state index in [-0.39, 0.29) is 23.0 Å². The minimum Gasteiger partial charge on any atom is -0.508 e. The van der Waals surface area contributed by atoms with Gasteiger partial charge in [0.2, 0.25) is 5.91 Å². The first-order valence-corrected chi connectivity index (χ1v) is 10.2. The van der Waals surface area contributed by atoms with Crippen molar-refractivity contribution in [3.63, 3.8) is 0 Å². The third kappa shape index (κ3) is 9.12. The highest BCUT2D eigenvalue weighted by atomic mass is 16.6. The van der Waals surface area contributed by atoms with Crippen molar-refractivity contribution in [2.45, 2.75) is 71.8 Å². The standard InChI is InChI=1S/C13H18O3.C12H17NO/c1-13(2,3)16-12(15)9-6-10-4-7-11(14)8-5-10;1-4-12(2,3)10-7-5-9(6-8-10)11(13)14/h4-5,7-8,14H,6,9H2,1-3H3;5-8H,4H2,1-3H3,(H2,13,14). The number of hydrogen-bond acceptors (Lipinski definition) is 4. The lowest BCUT2D eigenvalue weighted by Gasteiger charge is -2.23. The number of benzene rings is 2. The normalized spacial score (nSPS) is 11.3. The van der Waals surface area contributed by atoms with Gasteiger partial charge in [0, 0.05) is 12.0 Å². The first kappa shape index (κ1) is 25.2. The minimum absolute atomic E-state index is 0.163. The van der Waals surface area contributed by atoms with Gasteiger partial charge in [0.1, 0.15) is 11.4 Å². The summed E-state index contributed by atoms with van der Waals surface area (Å²) in [4.78, 5) is 22.3. The summed E-state index contributed by atoms with van der Waals surface area (Å²) in [5.41, 5.74) is 7.73. The smallest absolute Gasteiger partial charge is 0.306 e. The predicted octanol–water partition coefficient (Wildman–Crippen LogP) is 5.14. The average molecular weight is 414 g/mol. The maximum Gasteiger partial charge on any atom is 0.306 e. The van der Waals surface area contributed by atoms with Crippen LogP contribution < -0.4 is 5.73 Å². The maximum absolute atomic E-state index is 11.4. The van der Waals surface area contributed by atoms with Gasteiger partial charge < -0.3 is 15.6 Å². The van der Waals surface area contributed by atoms with Gasteiger partial charge in [-0.2, -0.15) is 0 Å². The maximum atomic E-state index is 11.4. The Kier molecular flexibility index (Phi) is 9.09. The van der Waals surface area contributed by atoms with Gasteiger partial charge in [-0.3, -0.25) is 9.59 Å². The van der Waals surface area contributed by atoms with E-state index in [1.165, 1.54) is 5.56 Å². The Morgan fingerprint density at radius 1 is 0.933 bits per heavy atom. The van der Waals surface area contributed by atoms with Gasteiger partial charge in [0.05, 0.1) is 0 Å². The number of ether oxygens (including phenoxy) is 1. The molecular formula is C25H35NO4. The van der Waals surface area contributed by atoms with Crippen molar-refractivity contribution in [2.75, 3.05) is 0 Å². The van der Waals surface area contributed by atoms with Crippen molar-refractivity contribution < 1.29 is 19.4 Å². The van der Waals surface area contributed by atoms with Crippen LogP contribution >= 0.6 is 0 Å². The van der Waals surface area contributed by atoms with Gasteiger partial charge >= 0.3 is 5.97 Å². The number of phenolic OH excluding ortho intramolecular Hbond substituents is 1. The highest BCUT2D eigenvalue weighted by molar-refractivity contribution is 5.92. The largest absolute Gasteiger partial charge is 0.508 e. The van der Waals surface area contributed by atoms with Crippen molar-refractivity contribution >= 4 is 11.9 Å². The van der Waals surface area contributed by atoms with Crippen LogP contribution in [-0.2, 0) is 21.4 Å². The Morgan fingerprint density at radius 3 is 1.90 bits per heavy atom. The van der Waals surface area contributed by atoms with E-state index in [0.717, 1.165) is 12.0 Å². The molecule has 0 bridgehead atoms. The molecule has 5 heteroatoms. The van der Waals surface area contributed by atoms with Gasteiger partial charge in [-0.1, -0.05) is 45.0 Å². The Hall–Kier alpha value is -2.82. The fraction of sp³-hybridized carbons (Fsp3) is 0.440. The molecule has 0 heterocycles. The number of amides is 1. The quantitative estimate of drug-likeness (QED) is 0.642. The Morgan fingerprint density at radius 2 is 1.47 bits per heavy atom. The topological polar surface area (TPSA) is 89.6 Å². The molecule has 2 rings (SSSR count). The molecule has 0 unspecified atom stereocenters. The predicted molar refractivity (Wildman–Crippen MR) is 121 cm³/mol. The summed E-state index contributed by atoms with van der Waals surface area (Å²) in [7, 11) is 0. The van der Waals surface area contributed by atoms with Gasteiger partial charge in [-0.25, -0.2) is 0 Å². The van der Waals surface area contributed by atoms with Crippen LogP contribution in [0, 0.1) is 0 Å². The molecule has 0 spiro atoms. The molecule has 0 saturated carbocycles. The molecule has 0 atom stereocenters. The number of esters is 1. The number of rotatable bonds is 6. The first-order valence-electron chi connectivity index (χ1n) is 10.2. The van der Waals surface area contributed by atoms with Crippen LogP contribution in [-0.4, -0.2) is 22.6 Å². The molecule has 5 nitrogen and oxygen atoms in total. The fourth-order valence-electron chi connectivity index (χ4n) is 2.59. The number of primary amides is 1. The average Bonchev–Trinajstić information content (AvgIpc) is 2.67.